The van der Waals surface area contributed by atoms with Crippen LogP contribution in [-0.4, -0.2) is 39.7 Å². The van der Waals surface area contributed by atoms with Crippen LogP contribution in [0.3, 0.4) is 0 Å². The molecule has 1 atom stereocenters. The number of benzene rings is 2. The van der Waals surface area contributed by atoms with Gasteiger partial charge in [-0.15, -0.1) is 0 Å². The number of ether oxygens (including phenoxy) is 3. The van der Waals surface area contributed by atoms with Gasteiger partial charge in [0.2, 0.25) is 17.6 Å². The molecule has 1 saturated heterocycles. The number of hydrogen-bond acceptors (Lipinski definition) is 5. The molecule has 1 heterocycles. The first kappa shape index (κ1) is 20.1. The lowest BCUT2D eigenvalue weighted by Crippen LogP contribution is -2.28. The second-order valence-corrected chi connectivity index (χ2v) is 7.62. The number of nitrogens with zero attached hydrogens (tertiary/aromatic N) is 1. The van der Waals surface area contributed by atoms with Crippen LogP contribution in [0.5, 0.6) is 17.2 Å². The minimum absolute atomic E-state index is 0.113. The second kappa shape index (κ2) is 8.26. The van der Waals surface area contributed by atoms with E-state index in [0.717, 1.165) is 24.9 Å². The number of rotatable bonds is 6. The molecule has 30 heavy (non-hydrogen) atoms. The molecule has 0 bridgehead atoms. The Morgan fingerprint density at radius 1 is 1.00 bits per heavy atom. The monoisotopic (exact) mass is 410 g/mol. The van der Waals surface area contributed by atoms with Crippen molar-refractivity contribution in [2.24, 2.45) is 5.92 Å². The van der Waals surface area contributed by atoms with Gasteiger partial charge in [-0.1, -0.05) is 6.07 Å². The predicted molar refractivity (Wildman–Crippen MR) is 114 cm³/mol. The number of anilines is 2. The first-order valence-corrected chi connectivity index (χ1v) is 10.1. The van der Waals surface area contributed by atoms with Gasteiger partial charge in [0, 0.05) is 30.8 Å². The zero-order valence-electron chi connectivity index (χ0n) is 17.5. The van der Waals surface area contributed by atoms with Crippen molar-refractivity contribution in [1.82, 2.24) is 0 Å². The summed E-state index contributed by atoms with van der Waals surface area (Å²) in [5.74, 6) is 0.706. The van der Waals surface area contributed by atoms with Crippen LogP contribution < -0.4 is 24.4 Å². The molecule has 1 N–H and O–H groups in total. The summed E-state index contributed by atoms with van der Waals surface area (Å²) < 4.78 is 16.1. The largest absolute Gasteiger partial charge is 0.493 e. The maximum Gasteiger partial charge on any atom is 0.229 e. The van der Waals surface area contributed by atoms with Crippen LogP contribution in [0.2, 0.25) is 0 Å². The summed E-state index contributed by atoms with van der Waals surface area (Å²) >= 11 is 0. The van der Waals surface area contributed by atoms with Crippen molar-refractivity contribution in [3.05, 3.63) is 41.5 Å². The van der Waals surface area contributed by atoms with Crippen molar-refractivity contribution in [2.75, 3.05) is 38.1 Å². The van der Waals surface area contributed by atoms with E-state index >= 15 is 0 Å². The average molecular weight is 410 g/mol. The molecule has 158 valence electrons. The van der Waals surface area contributed by atoms with E-state index < -0.39 is 5.92 Å². The summed E-state index contributed by atoms with van der Waals surface area (Å²) in [5.41, 5.74) is 4.06. The number of aryl methyl sites for hydroxylation is 2. The van der Waals surface area contributed by atoms with Crippen LogP contribution in [0.25, 0.3) is 0 Å². The summed E-state index contributed by atoms with van der Waals surface area (Å²) in [5, 5.41) is 2.98. The van der Waals surface area contributed by atoms with Crippen molar-refractivity contribution < 1.29 is 23.8 Å². The van der Waals surface area contributed by atoms with E-state index in [-0.39, 0.29) is 18.2 Å². The molecule has 0 aromatic heterocycles. The molecule has 1 aliphatic heterocycles. The lowest BCUT2D eigenvalue weighted by atomic mass is 10.1. The highest BCUT2D eigenvalue weighted by Gasteiger charge is 2.36. The van der Waals surface area contributed by atoms with E-state index in [1.54, 1.807) is 17.0 Å². The number of amides is 2. The Hall–Kier alpha value is -3.22. The third-order valence-corrected chi connectivity index (χ3v) is 5.82. The van der Waals surface area contributed by atoms with Gasteiger partial charge in [-0.3, -0.25) is 9.59 Å². The highest BCUT2D eigenvalue weighted by molar-refractivity contribution is 6.03. The number of nitrogens with one attached hydrogen (secondary N) is 1. The number of hydrogen-bond donors (Lipinski definition) is 1. The second-order valence-electron chi connectivity index (χ2n) is 7.62. The Balaban J connectivity index is 1.51. The van der Waals surface area contributed by atoms with E-state index in [2.05, 4.69) is 11.4 Å². The SMILES string of the molecule is COc1cc(N2CC(C(=O)Nc3ccc4c(c3)CCC4)CC2=O)cc(OC)c1OC. The summed E-state index contributed by atoms with van der Waals surface area (Å²) in [6.07, 6.45) is 3.47. The van der Waals surface area contributed by atoms with Gasteiger partial charge in [0.1, 0.15) is 0 Å². The van der Waals surface area contributed by atoms with Crippen LogP contribution in [-0.2, 0) is 22.4 Å². The first-order chi connectivity index (χ1) is 14.5. The maximum absolute atomic E-state index is 12.8. The van der Waals surface area contributed by atoms with Gasteiger partial charge < -0.3 is 24.4 Å². The van der Waals surface area contributed by atoms with Crippen LogP contribution in [0.4, 0.5) is 11.4 Å². The minimum Gasteiger partial charge on any atom is -0.493 e. The van der Waals surface area contributed by atoms with Gasteiger partial charge in [-0.25, -0.2) is 0 Å². The highest BCUT2D eigenvalue weighted by Crippen LogP contribution is 2.42. The van der Waals surface area contributed by atoms with Gasteiger partial charge in [0.15, 0.2) is 11.5 Å². The third-order valence-electron chi connectivity index (χ3n) is 5.82. The van der Waals surface area contributed by atoms with Crippen LogP contribution in [0.1, 0.15) is 24.0 Å². The number of methoxy groups -OCH3 is 3. The molecule has 0 spiro atoms. The van der Waals surface area contributed by atoms with E-state index in [4.69, 9.17) is 14.2 Å². The molecule has 4 rings (SSSR count). The number of fused-ring (bicyclic) bond motifs is 1. The first-order valence-electron chi connectivity index (χ1n) is 10.1. The molecule has 1 fully saturated rings. The molecule has 2 aliphatic rings. The predicted octanol–water partition coefficient (Wildman–Crippen LogP) is 3.19. The highest BCUT2D eigenvalue weighted by atomic mass is 16.5. The smallest absolute Gasteiger partial charge is 0.229 e. The zero-order valence-corrected chi connectivity index (χ0v) is 17.5. The van der Waals surface area contributed by atoms with Crippen molar-refractivity contribution in [2.45, 2.75) is 25.7 Å². The molecular weight excluding hydrogens is 384 g/mol. The van der Waals surface area contributed by atoms with Crippen molar-refractivity contribution in [3.8, 4) is 17.2 Å². The normalized spacial score (nSPS) is 17.6. The number of carbonyl (C=O) groups is 2. The van der Waals surface area contributed by atoms with E-state index in [1.807, 2.05) is 12.1 Å². The summed E-state index contributed by atoms with van der Waals surface area (Å²) in [7, 11) is 4.58. The Morgan fingerprint density at radius 2 is 1.70 bits per heavy atom. The van der Waals surface area contributed by atoms with Crippen LogP contribution in [0, 0.1) is 5.92 Å². The van der Waals surface area contributed by atoms with Gasteiger partial charge in [0.25, 0.3) is 0 Å². The number of carbonyl (C=O) groups excluding carboxylic acids is 2. The van der Waals surface area contributed by atoms with E-state index in [1.165, 1.54) is 32.5 Å². The Kier molecular flexibility index (Phi) is 5.53. The fraction of sp³-hybridized carbons (Fsp3) is 0.391. The molecule has 1 unspecified atom stereocenters. The third kappa shape index (κ3) is 3.67. The van der Waals surface area contributed by atoms with Crippen molar-refractivity contribution >= 4 is 23.2 Å². The molecule has 7 nitrogen and oxygen atoms in total. The van der Waals surface area contributed by atoms with E-state index in [9.17, 15) is 9.59 Å². The molecule has 1 aliphatic carbocycles. The maximum atomic E-state index is 12.8. The molecule has 0 saturated carbocycles. The van der Waals surface area contributed by atoms with Crippen molar-refractivity contribution in [1.29, 1.82) is 0 Å². The lowest BCUT2D eigenvalue weighted by molar-refractivity contribution is -0.122. The van der Waals surface area contributed by atoms with Crippen LogP contribution in [0.15, 0.2) is 30.3 Å². The Bertz CT molecular complexity index is 963. The fourth-order valence-electron chi connectivity index (χ4n) is 4.25. The standard InChI is InChI=1S/C23H26N2O5/c1-28-19-11-18(12-20(29-2)22(19)30-3)25-13-16(10-21(25)26)23(27)24-17-8-7-14-5-4-6-15(14)9-17/h7-9,11-12,16H,4-6,10,13H2,1-3H3,(H,24,27). The lowest BCUT2D eigenvalue weighted by Gasteiger charge is -2.20. The van der Waals surface area contributed by atoms with Gasteiger partial charge in [0.05, 0.1) is 32.9 Å². The quantitative estimate of drug-likeness (QED) is 0.791. The van der Waals surface area contributed by atoms with Gasteiger partial charge in [-0.2, -0.15) is 0 Å². The molecular formula is C23H26N2O5. The summed E-state index contributed by atoms with van der Waals surface area (Å²) in [6.45, 7) is 0.300. The topological polar surface area (TPSA) is 77.1 Å². The Morgan fingerprint density at radius 3 is 2.37 bits per heavy atom. The Labute approximate surface area is 175 Å². The zero-order chi connectivity index (χ0) is 21.3. The summed E-state index contributed by atoms with van der Waals surface area (Å²) in [4.78, 5) is 27.1. The fourth-order valence-corrected chi connectivity index (χ4v) is 4.25. The van der Waals surface area contributed by atoms with Gasteiger partial charge >= 0.3 is 0 Å². The molecule has 7 heteroatoms. The van der Waals surface area contributed by atoms with E-state index in [0.29, 0.717) is 29.5 Å². The molecule has 0 radical (unpaired) electrons. The van der Waals surface area contributed by atoms with Crippen LogP contribution >= 0.6 is 0 Å². The molecule has 2 aromatic rings. The minimum atomic E-state index is -0.426. The summed E-state index contributed by atoms with van der Waals surface area (Å²) in [6, 6.07) is 9.52. The van der Waals surface area contributed by atoms with Crippen molar-refractivity contribution in [3.63, 3.8) is 0 Å². The average Bonchev–Trinajstić information content (AvgIpc) is 3.38. The molecule has 2 aromatic carbocycles. The molecule has 2 amide bonds. The van der Waals surface area contributed by atoms with Gasteiger partial charge in [-0.05, 0) is 42.5 Å².